The zero-order chi connectivity index (χ0) is 11.6. The van der Waals surface area contributed by atoms with Crippen LogP contribution in [0.1, 0.15) is 0 Å². The van der Waals surface area contributed by atoms with Gasteiger partial charge in [0.05, 0.1) is 6.10 Å². The molecule has 1 fully saturated rings. The molecule has 2 nitrogen and oxygen atoms in total. The van der Waals surface area contributed by atoms with Gasteiger partial charge < -0.3 is 9.64 Å². The van der Waals surface area contributed by atoms with Gasteiger partial charge in [0, 0.05) is 18.8 Å². The van der Waals surface area contributed by atoms with Crippen molar-refractivity contribution in [1.29, 1.82) is 0 Å². The van der Waals surface area contributed by atoms with E-state index in [9.17, 15) is 13.2 Å². The first-order chi connectivity index (χ1) is 7.54. The summed E-state index contributed by atoms with van der Waals surface area (Å²) in [4.78, 5) is 1.99. The molecule has 5 heteroatoms. The zero-order valence-corrected chi connectivity index (χ0v) is 8.57. The van der Waals surface area contributed by atoms with Gasteiger partial charge in [-0.25, -0.2) is 0 Å². The lowest BCUT2D eigenvalue weighted by Crippen LogP contribution is -2.53. The van der Waals surface area contributed by atoms with Gasteiger partial charge in [-0.1, -0.05) is 18.2 Å². The van der Waals surface area contributed by atoms with Crippen molar-refractivity contribution in [2.24, 2.45) is 0 Å². The molecule has 1 aliphatic heterocycles. The number of hydrogen-bond donors (Lipinski definition) is 0. The van der Waals surface area contributed by atoms with Gasteiger partial charge in [-0.05, 0) is 12.1 Å². The minimum Gasteiger partial charge on any atom is -0.366 e. The minimum atomic E-state index is -4.23. The maximum absolute atomic E-state index is 11.9. The van der Waals surface area contributed by atoms with Crippen LogP contribution in [0.5, 0.6) is 0 Å². The second kappa shape index (κ2) is 4.33. The maximum atomic E-state index is 11.9. The molecule has 1 heterocycles. The number of para-hydroxylation sites is 1. The normalized spacial score (nSPS) is 17.3. The largest absolute Gasteiger partial charge is 0.411 e. The van der Waals surface area contributed by atoms with Crippen LogP contribution in [-0.2, 0) is 4.74 Å². The minimum absolute atomic E-state index is 0.304. The van der Waals surface area contributed by atoms with Crippen molar-refractivity contribution in [2.75, 3.05) is 24.6 Å². The summed E-state index contributed by atoms with van der Waals surface area (Å²) in [7, 11) is 0. The van der Waals surface area contributed by atoms with Gasteiger partial charge >= 0.3 is 6.18 Å². The predicted molar refractivity (Wildman–Crippen MR) is 54.5 cm³/mol. The van der Waals surface area contributed by atoms with E-state index in [1.807, 2.05) is 35.2 Å². The molecule has 0 bridgehead atoms. The van der Waals surface area contributed by atoms with Crippen LogP contribution in [0.15, 0.2) is 30.3 Å². The summed E-state index contributed by atoms with van der Waals surface area (Å²) in [5, 5.41) is 0. The van der Waals surface area contributed by atoms with Crippen LogP contribution in [0.25, 0.3) is 0 Å². The SMILES string of the molecule is FC(F)(F)COC1CN(c2ccccc2)C1. The Morgan fingerprint density at radius 3 is 2.38 bits per heavy atom. The molecule has 0 amide bonds. The molecule has 0 radical (unpaired) electrons. The van der Waals surface area contributed by atoms with Crippen LogP contribution < -0.4 is 4.90 Å². The Hall–Kier alpha value is -1.23. The Morgan fingerprint density at radius 2 is 1.81 bits per heavy atom. The molecule has 1 aromatic carbocycles. The molecule has 0 unspecified atom stereocenters. The van der Waals surface area contributed by atoms with Crippen LogP contribution in [0, 0.1) is 0 Å². The Balaban J connectivity index is 1.74. The number of halogens is 3. The van der Waals surface area contributed by atoms with E-state index in [-0.39, 0.29) is 6.10 Å². The van der Waals surface area contributed by atoms with E-state index in [2.05, 4.69) is 0 Å². The van der Waals surface area contributed by atoms with Gasteiger partial charge in [-0.15, -0.1) is 0 Å². The Kier molecular flexibility index (Phi) is 3.05. The third-order valence-corrected chi connectivity index (χ3v) is 2.45. The van der Waals surface area contributed by atoms with Crippen LogP contribution in [0.4, 0.5) is 18.9 Å². The smallest absolute Gasteiger partial charge is 0.366 e. The third-order valence-electron chi connectivity index (χ3n) is 2.45. The van der Waals surface area contributed by atoms with Gasteiger partial charge in [-0.3, -0.25) is 0 Å². The summed E-state index contributed by atoms with van der Waals surface area (Å²) in [6, 6.07) is 9.57. The van der Waals surface area contributed by atoms with Crippen molar-refractivity contribution in [3.05, 3.63) is 30.3 Å². The highest BCUT2D eigenvalue weighted by Crippen LogP contribution is 2.23. The standard InChI is InChI=1S/C11H12F3NO/c12-11(13,14)8-16-10-6-15(7-10)9-4-2-1-3-5-9/h1-5,10H,6-8H2. The van der Waals surface area contributed by atoms with E-state index in [1.165, 1.54) is 0 Å². The van der Waals surface area contributed by atoms with Gasteiger partial charge in [0.2, 0.25) is 0 Å². The molecule has 0 aliphatic carbocycles. The lowest BCUT2D eigenvalue weighted by molar-refractivity contribution is -0.187. The number of nitrogens with zero attached hydrogens (tertiary/aromatic N) is 1. The van der Waals surface area contributed by atoms with Gasteiger partial charge in [0.15, 0.2) is 0 Å². The van der Waals surface area contributed by atoms with Gasteiger partial charge in [0.25, 0.3) is 0 Å². The molecule has 0 spiro atoms. The van der Waals surface area contributed by atoms with Gasteiger partial charge in [0.1, 0.15) is 6.61 Å². The summed E-state index contributed by atoms with van der Waals surface area (Å²) in [6.07, 6.45) is -4.53. The summed E-state index contributed by atoms with van der Waals surface area (Å²) >= 11 is 0. The van der Waals surface area contributed by atoms with Crippen molar-refractivity contribution in [1.82, 2.24) is 0 Å². The molecule has 1 saturated heterocycles. The average Bonchev–Trinajstić information content (AvgIpc) is 2.15. The highest BCUT2D eigenvalue weighted by molar-refractivity contribution is 5.48. The van der Waals surface area contributed by atoms with E-state index < -0.39 is 12.8 Å². The van der Waals surface area contributed by atoms with Crippen molar-refractivity contribution >= 4 is 5.69 Å². The van der Waals surface area contributed by atoms with Crippen molar-refractivity contribution in [3.63, 3.8) is 0 Å². The molecule has 0 aromatic heterocycles. The van der Waals surface area contributed by atoms with E-state index in [0.29, 0.717) is 13.1 Å². The second-order valence-corrected chi connectivity index (χ2v) is 3.79. The average molecular weight is 231 g/mol. The topological polar surface area (TPSA) is 12.5 Å². The number of benzene rings is 1. The molecular weight excluding hydrogens is 219 g/mol. The number of ether oxygens (including phenoxy) is 1. The molecule has 16 heavy (non-hydrogen) atoms. The van der Waals surface area contributed by atoms with E-state index in [1.54, 1.807) is 0 Å². The fraction of sp³-hybridized carbons (Fsp3) is 0.455. The van der Waals surface area contributed by atoms with Crippen molar-refractivity contribution < 1.29 is 17.9 Å². The Labute approximate surface area is 91.6 Å². The highest BCUT2D eigenvalue weighted by Gasteiger charge is 2.33. The monoisotopic (exact) mass is 231 g/mol. The van der Waals surface area contributed by atoms with E-state index >= 15 is 0 Å². The van der Waals surface area contributed by atoms with E-state index in [0.717, 1.165) is 5.69 Å². The molecule has 1 aromatic rings. The Bertz CT molecular complexity index is 333. The number of anilines is 1. The first-order valence-corrected chi connectivity index (χ1v) is 5.03. The second-order valence-electron chi connectivity index (χ2n) is 3.79. The van der Waals surface area contributed by atoms with Crippen LogP contribution in [0.2, 0.25) is 0 Å². The van der Waals surface area contributed by atoms with Crippen molar-refractivity contribution in [2.45, 2.75) is 12.3 Å². The summed E-state index contributed by atoms with van der Waals surface area (Å²) in [5.74, 6) is 0. The van der Waals surface area contributed by atoms with Crippen molar-refractivity contribution in [3.8, 4) is 0 Å². The fourth-order valence-corrected chi connectivity index (χ4v) is 1.61. The predicted octanol–water partition coefficient (Wildman–Crippen LogP) is 2.45. The lowest BCUT2D eigenvalue weighted by Gasteiger charge is -2.40. The molecular formula is C11H12F3NO. The fourth-order valence-electron chi connectivity index (χ4n) is 1.61. The quantitative estimate of drug-likeness (QED) is 0.792. The summed E-state index contributed by atoms with van der Waals surface area (Å²) in [6.45, 7) is -0.0967. The first-order valence-electron chi connectivity index (χ1n) is 5.03. The first kappa shape index (κ1) is 11.3. The zero-order valence-electron chi connectivity index (χ0n) is 8.57. The van der Waals surface area contributed by atoms with E-state index in [4.69, 9.17) is 4.74 Å². The molecule has 0 N–H and O–H groups in total. The maximum Gasteiger partial charge on any atom is 0.411 e. The van der Waals surface area contributed by atoms with Gasteiger partial charge in [-0.2, -0.15) is 13.2 Å². The molecule has 0 saturated carbocycles. The number of rotatable bonds is 3. The summed E-state index contributed by atoms with van der Waals surface area (Å²) in [5.41, 5.74) is 1.02. The highest BCUT2D eigenvalue weighted by atomic mass is 19.4. The van der Waals surface area contributed by atoms with Crippen LogP contribution >= 0.6 is 0 Å². The lowest BCUT2D eigenvalue weighted by atomic mass is 10.1. The van der Waals surface area contributed by atoms with Crippen LogP contribution in [0.3, 0.4) is 0 Å². The Morgan fingerprint density at radius 1 is 1.19 bits per heavy atom. The molecule has 88 valence electrons. The molecule has 1 aliphatic rings. The summed E-state index contributed by atoms with van der Waals surface area (Å²) < 4.78 is 40.3. The van der Waals surface area contributed by atoms with Crippen LogP contribution in [-0.4, -0.2) is 32.0 Å². The number of alkyl halides is 3. The molecule has 0 atom stereocenters. The molecule has 2 rings (SSSR count). The third kappa shape index (κ3) is 2.88. The number of hydrogen-bond acceptors (Lipinski definition) is 2.